The third kappa shape index (κ3) is 8.14. The molecule has 3 unspecified atom stereocenters. The topological polar surface area (TPSA) is 320 Å². The number of aliphatic hydroxyl groups is 2. The van der Waals surface area contributed by atoms with Gasteiger partial charge in [0.25, 0.3) is 0 Å². The molecule has 3 heterocycles. The van der Waals surface area contributed by atoms with Gasteiger partial charge in [0.2, 0.25) is 5.88 Å². The van der Waals surface area contributed by atoms with Crippen LogP contribution in [0.2, 0.25) is 0 Å². The van der Waals surface area contributed by atoms with E-state index in [-0.39, 0.29) is 40.7 Å². The van der Waals surface area contributed by atoms with Crippen molar-refractivity contribution in [3.63, 3.8) is 0 Å². The minimum atomic E-state index is -6.02. The van der Waals surface area contributed by atoms with E-state index in [0.717, 1.165) is 17.2 Å². The molecule has 2 aromatic heterocycles. The van der Waals surface area contributed by atoms with E-state index in [9.17, 15) is 43.4 Å². The van der Waals surface area contributed by atoms with Crippen LogP contribution >= 0.6 is 31.3 Å². The Hall–Kier alpha value is -0.210. The number of aliphatic hydroxyl groups excluding tert-OH is 2. The number of hydrogen-bond acceptors (Lipinski definition) is 15. The molecule has 8 N–H and O–H groups in total. The first-order valence-electron chi connectivity index (χ1n) is 8.60. The van der Waals surface area contributed by atoms with Crippen molar-refractivity contribution in [3.8, 4) is 5.88 Å². The molecule has 21 nitrogen and oxygen atoms in total. The first kappa shape index (κ1) is 32.0. The third-order valence-electron chi connectivity index (χ3n) is 3.98. The Morgan fingerprint density at radius 1 is 0.889 bits per heavy atom. The molecule has 3 rings (SSSR count). The van der Waals surface area contributed by atoms with Crippen molar-refractivity contribution in [1.29, 1.82) is 0 Å². The van der Waals surface area contributed by atoms with Gasteiger partial charge >= 0.3 is 60.8 Å². The summed E-state index contributed by atoms with van der Waals surface area (Å²) in [5.74, 6) is -0.491. The van der Waals surface area contributed by atoms with Crippen LogP contribution in [-0.2, 0) is 40.5 Å². The molecule has 1 aliphatic heterocycles. The van der Waals surface area contributed by atoms with Crippen LogP contribution in [-0.4, -0.2) is 114 Å². The van der Waals surface area contributed by atoms with Gasteiger partial charge in [0.05, 0.1) is 12.9 Å². The van der Waals surface area contributed by atoms with Crippen LogP contribution in [0, 0.1) is 0 Å². The van der Waals surface area contributed by atoms with Crippen LogP contribution in [0.5, 0.6) is 5.88 Å². The molecule has 0 amide bonds. The van der Waals surface area contributed by atoms with Crippen LogP contribution < -0.4 is 0 Å². The van der Waals surface area contributed by atoms with E-state index in [0.29, 0.717) is 0 Å². The molecule has 2 aromatic rings. The number of rotatable bonds is 10. The Morgan fingerprint density at radius 2 is 1.47 bits per heavy atom. The van der Waals surface area contributed by atoms with E-state index >= 15 is 0 Å². The molecule has 0 radical (unpaired) electrons. The Bertz CT molecular complexity index is 1290. The molecule has 0 saturated carbocycles. The van der Waals surface area contributed by atoms with Crippen molar-refractivity contribution in [2.24, 2.45) is 0 Å². The average molecular weight is 612 g/mol. The maximum atomic E-state index is 11.9. The summed E-state index contributed by atoms with van der Waals surface area (Å²) in [5.41, 5.74) is -0.0934. The first-order valence-corrected chi connectivity index (χ1v) is 14.6. The number of phosphoric ester groups is 1. The molecule has 1 fully saturated rings. The second-order valence-corrected chi connectivity index (χ2v) is 12.5. The van der Waals surface area contributed by atoms with Crippen LogP contribution in [0.1, 0.15) is 6.23 Å². The molecule has 0 bridgehead atoms. The van der Waals surface area contributed by atoms with E-state index in [1.807, 2.05) is 0 Å². The molecule has 36 heavy (non-hydrogen) atoms. The molecular weight excluding hydrogens is 595 g/mol. The van der Waals surface area contributed by atoms with Gasteiger partial charge in [-0.15, -0.1) is 0 Å². The Balaban J connectivity index is 0.00000456. The van der Waals surface area contributed by atoms with Crippen LogP contribution in [0.3, 0.4) is 0 Å². The molecule has 7 atom stereocenters. The average Bonchev–Trinajstić information content (AvgIpc) is 3.19. The summed E-state index contributed by atoms with van der Waals surface area (Å²) in [4.78, 5) is 56.1. The van der Waals surface area contributed by atoms with Crippen molar-refractivity contribution in [3.05, 3.63) is 12.7 Å². The number of ether oxygens (including phenoxy) is 1. The Morgan fingerprint density at radius 3 is 2.08 bits per heavy atom. The van der Waals surface area contributed by atoms with E-state index in [1.165, 1.54) is 0 Å². The number of nitrogens with zero attached hydrogens (tertiary/aromatic N) is 4. The van der Waals surface area contributed by atoms with Gasteiger partial charge in [-0.2, -0.15) is 17.9 Å². The van der Waals surface area contributed by atoms with Gasteiger partial charge in [0.15, 0.2) is 17.4 Å². The summed E-state index contributed by atoms with van der Waals surface area (Å²) >= 11 is 0. The zero-order valence-corrected chi connectivity index (χ0v) is 20.1. The summed E-state index contributed by atoms with van der Waals surface area (Å²) in [6, 6.07) is 0. The summed E-state index contributed by atoms with van der Waals surface area (Å²) < 4.78 is 66.8. The van der Waals surface area contributed by atoms with E-state index < -0.39 is 68.3 Å². The first-order chi connectivity index (χ1) is 15.9. The zero-order chi connectivity index (χ0) is 26.4. The normalized spacial score (nSPS) is 27.6. The van der Waals surface area contributed by atoms with Gasteiger partial charge in [-0.3, -0.25) is 9.09 Å². The fourth-order valence-electron chi connectivity index (χ4n) is 2.74. The van der Waals surface area contributed by atoms with Crippen molar-refractivity contribution in [2.75, 3.05) is 6.61 Å². The zero-order valence-electron chi connectivity index (χ0n) is 16.5. The molecule has 26 heteroatoms. The Kier molecular flexibility index (Phi) is 10.2. The Labute approximate surface area is 221 Å². The fourth-order valence-corrected chi connectivity index (χ4v) is 7.20. The summed E-state index contributed by atoms with van der Waals surface area (Å²) in [6.07, 6.45) is -4.41. The van der Waals surface area contributed by atoms with Crippen molar-refractivity contribution in [1.82, 2.24) is 19.5 Å². The molecular formula is C10H17N4NaO17P4. The molecule has 200 valence electrons. The molecule has 1 aliphatic rings. The van der Waals surface area contributed by atoms with Gasteiger partial charge in [-0.05, 0) is 0 Å². The summed E-state index contributed by atoms with van der Waals surface area (Å²) in [5, 5.41) is 30.1. The van der Waals surface area contributed by atoms with Gasteiger partial charge in [0.1, 0.15) is 24.6 Å². The van der Waals surface area contributed by atoms with Crippen molar-refractivity contribution < 1.29 is 80.2 Å². The van der Waals surface area contributed by atoms with Gasteiger partial charge < -0.3 is 44.5 Å². The molecule has 0 aromatic carbocycles. The van der Waals surface area contributed by atoms with Crippen LogP contribution in [0.15, 0.2) is 12.7 Å². The molecule has 0 aliphatic carbocycles. The number of aromatic hydroxyl groups is 1. The number of imidazole rings is 1. The van der Waals surface area contributed by atoms with Crippen molar-refractivity contribution in [2.45, 2.75) is 24.5 Å². The number of phosphoric acid groups is 4. The fraction of sp³-hybridized carbons (Fsp3) is 0.500. The number of aromatic nitrogens is 4. The summed E-state index contributed by atoms with van der Waals surface area (Å²) in [6.45, 7) is -1.08. The monoisotopic (exact) mass is 612 g/mol. The minimum absolute atomic E-state index is 0. The molecule has 1 saturated heterocycles. The standard InChI is InChI=1S/C10H16N4O17P4.Na.H/c15-6-4(28-10(7(6)16)14-3-13-5-8(14)11-2-12-9(5)17)1-27-33(21,22)30-35(25,26)31-34(23,24)29-32(18,19)20;;/h2-4,6-7,10,15-16H,1H2,(H,21,22)(H,23,24)(H,25,26)(H,11,12,17)(H2,18,19,20);;/t4-,6-,7-,10-;;/m1../s1. The molecule has 0 spiro atoms. The third-order valence-corrected chi connectivity index (χ3v) is 9.43. The van der Waals surface area contributed by atoms with Crippen LogP contribution in [0.4, 0.5) is 0 Å². The van der Waals surface area contributed by atoms with Gasteiger partial charge in [-0.25, -0.2) is 28.2 Å². The number of fused-ring (bicyclic) bond motifs is 1. The van der Waals surface area contributed by atoms with E-state index in [4.69, 9.17) is 19.4 Å². The van der Waals surface area contributed by atoms with Crippen LogP contribution in [0.25, 0.3) is 11.2 Å². The van der Waals surface area contributed by atoms with Crippen molar-refractivity contribution >= 4 is 72.0 Å². The predicted octanol–water partition coefficient (Wildman–Crippen LogP) is -2.04. The van der Waals surface area contributed by atoms with Gasteiger partial charge in [0, 0.05) is 0 Å². The van der Waals surface area contributed by atoms with E-state index in [1.54, 1.807) is 0 Å². The predicted molar refractivity (Wildman–Crippen MR) is 111 cm³/mol. The maximum absolute atomic E-state index is 11.9. The van der Waals surface area contributed by atoms with E-state index in [2.05, 4.69) is 32.4 Å². The SMILES string of the molecule is O=P(O)(O)OP(=O)(O)OP(=O)(O)OP(=O)(O)OC[C@H]1O[C@@H](n2cnc3c(O)ncnc32)[C@H](O)[C@@H]1O.[NaH]. The van der Waals surface area contributed by atoms with Gasteiger partial charge in [-0.1, -0.05) is 0 Å². The second-order valence-electron chi connectivity index (χ2n) is 6.50. The second kappa shape index (κ2) is 11.5. The number of hydrogen-bond donors (Lipinski definition) is 8. The quantitative estimate of drug-likeness (QED) is 0.106. The summed E-state index contributed by atoms with van der Waals surface area (Å²) in [7, 11) is -23.3.